The largest absolute Gasteiger partial charge is 0.478 e. The molecule has 104 valence electrons. The van der Waals surface area contributed by atoms with Gasteiger partial charge in [0.25, 0.3) is 0 Å². The van der Waals surface area contributed by atoms with Crippen LogP contribution >= 0.6 is 11.3 Å². The molecule has 1 aromatic carbocycles. The van der Waals surface area contributed by atoms with Crippen LogP contribution in [0.3, 0.4) is 0 Å². The van der Waals surface area contributed by atoms with Crippen LogP contribution in [0.15, 0.2) is 41.1 Å². The minimum Gasteiger partial charge on any atom is -0.478 e. The molecule has 0 spiro atoms. The summed E-state index contributed by atoms with van der Waals surface area (Å²) in [4.78, 5) is 12.8. The van der Waals surface area contributed by atoms with Gasteiger partial charge in [0.2, 0.25) is 0 Å². The minimum atomic E-state index is -0.932. The van der Waals surface area contributed by atoms with E-state index < -0.39 is 5.97 Å². The third kappa shape index (κ3) is 3.71. The molecule has 0 fully saturated rings. The average Bonchev–Trinajstić information content (AvgIpc) is 2.89. The SMILES string of the molecule is Cc1ccc(N(C)Cc2ccsc2)c(/C=C/C(=O)O)c1. The van der Waals surface area contributed by atoms with Gasteiger partial charge in [0.15, 0.2) is 0 Å². The molecule has 0 radical (unpaired) electrons. The van der Waals surface area contributed by atoms with E-state index >= 15 is 0 Å². The highest BCUT2D eigenvalue weighted by atomic mass is 32.1. The summed E-state index contributed by atoms with van der Waals surface area (Å²) in [5.74, 6) is -0.932. The van der Waals surface area contributed by atoms with Crippen molar-refractivity contribution in [3.05, 3.63) is 57.8 Å². The first-order valence-corrected chi connectivity index (χ1v) is 7.24. The number of hydrogen-bond donors (Lipinski definition) is 1. The summed E-state index contributed by atoms with van der Waals surface area (Å²) >= 11 is 1.68. The van der Waals surface area contributed by atoms with E-state index in [2.05, 4.69) is 21.7 Å². The van der Waals surface area contributed by atoms with Crippen molar-refractivity contribution in [2.24, 2.45) is 0 Å². The van der Waals surface area contributed by atoms with E-state index in [-0.39, 0.29) is 0 Å². The molecular weight excluding hydrogens is 270 g/mol. The fourth-order valence-corrected chi connectivity index (χ4v) is 2.72. The van der Waals surface area contributed by atoms with E-state index in [9.17, 15) is 4.79 Å². The molecule has 2 rings (SSSR count). The molecule has 0 unspecified atom stereocenters. The van der Waals surface area contributed by atoms with Crippen LogP contribution in [0.25, 0.3) is 6.08 Å². The molecule has 0 atom stereocenters. The van der Waals surface area contributed by atoms with Crippen molar-refractivity contribution in [2.75, 3.05) is 11.9 Å². The van der Waals surface area contributed by atoms with Crippen LogP contribution < -0.4 is 4.90 Å². The number of thiophene rings is 1. The molecule has 3 nitrogen and oxygen atoms in total. The smallest absolute Gasteiger partial charge is 0.328 e. The van der Waals surface area contributed by atoms with Gasteiger partial charge in [-0.05, 0) is 53.1 Å². The van der Waals surface area contributed by atoms with Crippen molar-refractivity contribution in [2.45, 2.75) is 13.5 Å². The van der Waals surface area contributed by atoms with E-state index in [1.54, 1.807) is 17.4 Å². The first kappa shape index (κ1) is 14.3. The van der Waals surface area contributed by atoms with Gasteiger partial charge in [-0.1, -0.05) is 11.6 Å². The number of aliphatic carboxylic acids is 1. The second kappa shape index (κ2) is 6.39. The normalized spacial score (nSPS) is 10.9. The van der Waals surface area contributed by atoms with Crippen molar-refractivity contribution >= 4 is 29.1 Å². The lowest BCUT2D eigenvalue weighted by Gasteiger charge is -2.21. The summed E-state index contributed by atoms with van der Waals surface area (Å²) in [5.41, 5.74) is 4.32. The van der Waals surface area contributed by atoms with Gasteiger partial charge in [-0.25, -0.2) is 4.79 Å². The summed E-state index contributed by atoms with van der Waals surface area (Å²) in [6.07, 6.45) is 2.82. The summed E-state index contributed by atoms with van der Waals surface area (Å²) in [5, 5.41) is 13.0. The minimum absolute atomic E-state index is 0.806. The first-order valence-electron chi connectivity index (χ1n) is 6.30. The molecule has 0 aliphatic rings. The maximum Gasteiger partial charge on any atom is 0.328 e. The van der Waals surface area contributed by atoms with E-state index in [0.29, 0.717) is 0 Å². The van der Waals surface area contributed by atoms with Crippen LogP contribution in [-0.4, -0.2) is 18.1 Å². The van der Waals surface area contributed by atoms with Gasteiger partial charge in [-0.3, -0.25) is 0 Å². The van der Waals surface area contributed by atoms with Crippen LogP contribution in [0.2, 0.25) is 0 Å². The molecule has 0 saturated carbocycles. The van der Waals surface area contributed by atoms with Crippen LogP contribution in [0, 0.1) is 6.92 Å². The lowest BCUT2D eigenvalue weighted by Crippen LogP contribution is -2.17. The Morgan fingerprint density at radius 1 is 1.40 bits per heavy atom. The maximum absolute atomic E-state index is 10.7. The highest BCUT2D eigenvalue weighted by Gasteiger charge is 2.07. The molecule has 20 heavy (non-hydrogen) atoms. The molecule has 1 aromatic heterocycles. The molecule has 4 heteroatoms. The van der Waals surface area contributed by atoms with Gasteiger partial charge in [0, 0.05) is 25.4 Å². The molecule has 2 aromatic rings. The van der Waals surface area contributed by atoms with Gasteiger partial charge in [0.05, 0.1) is 0 Å². The number of carbonyl (C=O) groups is 1. The Morgan fingerprint density at radius 2 is 2.20 bits per heavy atom. The predicted octanol–water partition coefficient (Wildman–Crippen LogP) is 3.79. The Labute approximate surface area is 122 Å². The molecule has 0 aliphatic carbocycles. The highest BCUT2D eigenvalue weighted by molar-refractivity contribution is 7.07. The molecule has 1 heterocycles. The Balaban J connectivity index is 2.27. The third-order valence-corrected chi connectivity index (χ3v) is 3.73. The van der Waals surface area contributed by atoms with Crippen LogP contribution in [0.5, 0.6) is 0 Å². The zero-order valence-corrected chi connectivity index (χ0v) is 12.4. The zero-order valence-electron chi connectivity index (χ0n) is 11.5. The van der Waals surface area contributed by atoms with Crippen molar-refractivity contribution in [1.82, 2.24) is 0 Å². The molecular formula is C16H17NO2S. The van der Waals surface area contributed by atoms with Gasteiger partial charge in [0.1, 0.15) is 0 Å². The number of rotatable bonds is 5. The number of nitrogens with zero attached hydrogens (tertiary/aromatic N) is 1. The van der Waals surface area contributed by atoms with Crippen LogP contribution in [-0.2, 0) is 11.3 Å². The summed E-state index contributed by atoms with van der Waals surface area (Å²) in [7, 11) is 2.01. The van der Waals surface area contributed by atoms with E-state index in [4.69, 9.17) is 5.11 Å². The molecule has 0 bridgehead atoms. The van der Waals surface area contributed by atoms with Crippen LogP contribution in [0.1, 0.15) is 16.7 Å². The predicted molar refractivity (Wildman–Crippen MR) is 84.3 cm³/mol. The first-order chi connectivity index (χ1) is 9.56. The Bertz CT molecular complexity index is 617. The van der Waals surface area contributed by atoms with Gasteiger partial charge in [-0.2, -0.15) is 11.3 Å². The van der Waals surface area contributed by atoms with Crippen LogP contribution in [0.4, 0.5) is 5.69 Å². The van der Waals surface area contributed by atoms with Crippen molar-refractivity contribution in [1.29, 1.82) is 0 Å². The summed E-state index contributed by atoms with van der Waals surface area (Å²) in [6.45, 7) is 2.81. The quantitative estimate of drug-likeness (QED) is 0.851. The van der Waals surface area contributed by atoms with E-state index in [1.165, 1.54) is 11.6 Å². The number of anilines is 1. The number of carboxylic acids is 1. The Kier molecular flexibility index (Phi) is 4.58. The Hall–Kier alpha value is -2.07. The molecule has 0 aliphatic heterocycles. The van der Waals surface area contributed by atoms with E-state index in [1.807, 2.05) is 32.2 Å². The monoisotopic (exact) mass is 287 g/mol. The molecule has 0 saturated heterocycles. The van der Waals surface area contributed by atoms with Crippen molar-refractivity contribution in [3.63, 3.8) is 0 Å². The van der Waals surface area contributed by atoms with E-state index in [0.717, 1.165) is 23.4 Å². The number of hydrogen-bond acceptors (Lipinski definition) is 3. The fraction of sp³-hybridized carbons (Fsp3) is 0.188. The maximum atomic E-state index is 10.7. The Morgan fingerprint density at radius 3 is 2.85 bits per heavy atom. The van der Waals surface area contributed by atoms with Gasteiger partial charge < -0.3 is 10.0 Å². The lowest BCUT2D eigenvalue weighted by molar-refractivity contribution is -0.131. The number of benzene rings is 1. The number of aryl methyl sites for hydroxylation is 1. The second-order valence-corrected chi connectivity index (χ2v) is 5.50. The molecule has 1 N–H and O–H groups in total. The highest BCUT2D eigenvalue weighted by Crippen LogP contribution is 2.24. The summed E-state index contributed by atoms with van der Waals surface area (Å²) in [6, 6.07) is 8.17. The fourth-order valence-electron chi connectivity index (χ4n) is 2.06. The third-order valence-electron chi connectivity index (χ3n) is 3.00. The van der Waals surface area contributed by atoms with Crippen molar-refractivity contribution in [3.8, 4) is 0 Å². The standard InChI is InChI=1S/C16H17NO2S/c1-12-3-5-15(14(9-12)4-6-16(18)19)17(2)10-13-7-8-20-11-13/h3-9,11H,10H2,1-2H3,(H,18,19)/b6-4+. The molecule has 0 amide bonds. The average molecular weight is 287 g/mol. The topological polar surface area (TPSA) is 40.5 Å². The number of carboxylic acid groups (broad SMARTS) is 1. The second-order valence-electron chi connectivity index (χ2n) is 4.72. The van der Waals surface area contributed by atoms with Gasteiger partial charge in [-0.15, -0.1) is 0 Å². The summed E-state index contributed by atoms with van der Waals surface area (Å²) < 4.78 is 0. The lowest BCUT2D eigenvalue weighted by atomic mass is 10.1. The zero-order chi connectivity index (χ0) is 14.5. The van der Waals surface area contributed by atoms with Gasteiger partial charge >= 0.3 is 5.97 Å². The van der Waals surface area contributed by atoms with Crippen molar-refractivity contribution < 1.29 is 9.90 Å².